The largest absolute Gasteiger partial charge is 0.393 e. The van der Waals surface area contributed by atoms with Gasteiger partial charge in [0, 0.05) is 10.8 Å². The summed E-state index contributed by atoms with van der Waals surface area (Å²) in [6, 6.07) is 0. The summed E-state index contributed by atoms with van der Waals surface area (Å²) < 4.78 is 0. The first kappa shape index (κ1) is 14.6. The summed E-state index contributed by atoms with van der Waals surface area (Å²) >= 11 is 11.5. The molecular weight excluding hydrogens is 247 g/mol. The lowest BCUT2D eigenvalue weighted by atomic mass is 9.98. The molecule has 2 N–H and O–H groups in total. The van der Waals surface area contributed by atoms with E-state index >= 15 is 0 Å². The molecule has 96 valence electrons. The Morgan fingerprint density at radius 3 is 1.00 bits per heavy atom. The molecule has 0 aromatic rings. The van der Waals surface area contributed by atoms with Crippen LogP contribution in [0.1, 0.15) is 51.4 Å². The van der Waals surface area contributed by atoms with Crippen molar-refractivity contribution in [2.45, 2.75) is 74.3 Å². The summed E-state index contributed by atoms with van der Waals surface area (Å²) in [5.41, 5.74) is 0. The standard InChI is InChI=1S/2C6H11ClO/c2*7-5-1-3-6(8)4-2-5/h2*5-6,8H,1-4H2. The molecule has 0 aromatic carbocycles. The molecule has 2 nitrogen and oxygen atoms in total. The Kier molecular flexibility index (Phi) is 7.06. The molecule has 16 heavy (non-hydrogen) atoms. The average Bonchev–Trinajstić information content (AvgIpc) is 2.28. The Bertz CT molecular complexity index is 134. The highest BCUT2D eigenvalue weighted by Crippen LogP contribution is 2.22. The maximum Gasteiger partial charge on any atom is 0.0541 e. The number of aliphatic hydroxyl groups excluding tert-OH is 2. The Morgan fingerprint density at radius 1 is 0.562 bits per heavy atom. The zero-order valence-corrected chi connectivity index (χ0v) is 11.1. The Balaban J connectivity index is 0.000000160. The van der Waals surface area contributed by atoms with E-state index in [4.69, 9.17) is 33.4 Å². The summed E-state index contributed by atoms with van der Waals surface area (Å²) in [7, 11) is 0. The van der Waals surface area contributed by atoms with E-state index in [1.54, 1.807) is 0 Å². The molecule has 0 amide bonds. The summed E-state index contributed by atoms with van der Waals surface area (Å²) in [5.74, 6) is 0. The van der Waals surface area contributed by atoms with Gasteiger partial charge in [0.1, 0.15) is 0 Å². The fraction of sp³-hybridized carbons (Fsp3) is 1.00. The lowest BCUT2D eigenvalue weighted by Gasteiger charge is -2.19. The molecular formula is C12H22Cl2O2. The van der Waals surface area contributed by atoms with E-state index < -0.39 is 0 Å². The minimum atomic E-state index is -0.0648. The SMILES string of the molecule is OC1CCC(Cl)CC1.OC1CCC(Cl)CC1. The predicted molar refractivity (Wildman–Crippen MR) is 68.2 cm³/mol. The molecule has 0 bridgehead atoms. The number of hydrogen-bond acceptors (Lipinski definition) is 2. The molecule has 0 atom stereocenters. The van der Waals surface area contributed by atoms with Crippen LogP contribution in [0.4, 0.5) is 0 Å². The normalized spacial score (nSPS) is 39.8. The van der Waals surface area contributed by atoms with E-state index in [2.05, 4.69) is 0 Å². The number of rotatable bonds is 0. The van der Waals surface area contributed by atoms with Crippen LogP contribution < -0.4 is 0 Å². The monoisotopic (exact) mass is 268 g/mol. The van der Waals surface area contributed by atoms with Crippen LogP contribution in [0.2, 0.25) is 0 Å². The number of halogens is 2. The smallest absolute Gasteiger partial charge is 0.0541 e. The Hall–Kier alpha value is 0.500. The first-order valence-corrected chi connectivity index (χ1v) is 7.09. The molecule has 0 aromatic heterocycles. The van der Waals surface area contributed by atoms with Gasteiger partial charge in [0.15, 0.2) is 0 Å². The number of aliphatic hydroxyl groups is 2. The maximum atomic E-state index is 8.97. The summed E-state index contributed by atoms with van der Waals surface area (Å²) in [6.07, 6.45) is 7.41. The Labute approximate surface area is 108 Å². The van der Waals surface area contributed by atoms with Crippen molar-refractivity contribution in [1.82, 2.24) is 0 Å². The molecule has 2 aliphatic rings. The average molecular weight is 269 g/mol. The van der Waals surface area contributed by atoms with Crippen LogP contribution in [0.25, 0.3) is 0 Å². The van der Waals surface area contributed by atoms with Gasteiger partial charge in [0.2, 0.25) is 0 Å². The molecule has 0 saturated heterocycles. The van der Waals surface area contributed by atoms with Gasteiger partial charge in [-0.2, -0.15) is 0 Å². The lowest BCUT2D eigenvalue weighted by Crippen LogP contribution is -2.17. The van der Waals surface area contributed by atoms with Gasteiger partial charge in [0.05, 0.1) is 12.2 Å². The third-order valence-electron chi connectivity index (χ3n) is 3.25. The van der Waals surface area contributed by atoms with Crippen LogP contribution in [0.15, 0.2) is 0 Å². The quantitative estimate of drug-likeness (QED) is 0.663. The fourth-order valence-electron chi connectivity index (χ4n) is 2.07. The molecule has 0 aliphatic heterocycles. The highest BCUT2D eigenvalue weighted by Gasteiger charge is 2.16. The second kappa shape index (κ2) is 7.75. The molecule has 0 unspecified atom stereocenters. The highest BCUT2D eigenvalue weighted by molar-refractivity contribution is 6.20. The van der Waals surface area contributed by atoms with Crippen molar-refractivity contribution in [1.29, 1.82) is 0 Å². The number of hydrogen-bond donors (Lipinski definition) is 2. The second-order valence-electron chi connectivity index (χ2n) is 4.81. The van der Waals surface area contributed by atoms with Crippen molar-refractivity contribution < 1.29 is 10.2 Å². The predicted octanol–water partition coefficient (Wildman–Crippen LogP) is 3.06. The van der Waals surface area contributed by atoms with Gasteiger partial charge in [-0.25, -0.2) is 0 Å². The summed E-state index contributed by atoms with van der Waals surface area (Å²) in [4.78, 5) is 0. The van der Waals surface area contributed by atoms with E-state index in [1.165, 1.54) is 0 Å². The molecule has 0 radical (unpaired) electrons. The van der Waals surface area contributed by atoms with E-state index in [1.807, 2.05) is 0 Å². The summed E-state index contributed by atoms with van der Waals surface area (Å²) in [6.45, 7) is 0. The van der Waals surface area contributed by atoms with Crippen molar-refractivity contribution in [3.8, 4) is 0 Å². The zero-order chi connectivity index (χ0) is 12.0. The van der Waals surface area contributed by atoms with E-state index in [0.29, 0.717) is 10.8 Å². The van der Waals surface area contributed by atoms with Crippen LogP contribution >= 0.6 is 23.2 Å². The van der Waals surface area contributed by atoms with Gasteiger partial charge in [-0.1, -0.05) is 0 Å². The van der Waals surface area contributed by atoms with Crippen molar-refractivity contribution in [2.75, 3.05) is 0 Å². The van der Waals surface area contributed by atoms with Gasteiger partial charge in [-0.15, -0.1) is 23.2 Å². The molecule has 2 aliphatic carbocycles. The topological polar surface area (TPSA) is 40.5 Å². The number of alkyl halides is 2. The van der Waals surface area contributed by atoms with E-state index in [-0.39, 0.29) is 12.2 Å². The van der Waals surface area contributed by atoms with Crippen LogP contribution in [0, 0.1) is 0 Å². The van der Waals surface area contributed by atoms with Crippen molar-refractivity contribution in [3.63, 3.8) is 0 Å². The van der Waals surface area contributed by atoms with E-state index in [0.717, 1.165) is 51.4 Å². The maximum absolute atomic E-state index is 8.97. The highest BCUT2D eigenvalue weighted by atomic mass is 35.5. The first-order valence-electron chi connectivity index (χ1n) is 6.22. The zero-order valence-electron chi connectivity index (χ0n) is 9.62. The third-order valence-corrected chi connectivity index (χ3v) is 4.13. The molecule has 0 heterocycles. The van der Waals surface area contributed by atoms with Crippen molar-refractivity contribution >= 4 is 23.2 Å². The van der Waals surface area contributed by atoms with Gasteiger partial charge in [-0.3, -0.25) is 0 Å². The molecule has 0 spiro atoms. The fourth-order valence-corrected chi connectivity index (χ4v) is 2.57. The van der Waals surface area contributed by atoms with Crippen molar-refractivity contribution in [2.24, 2.45) is 0 Å². The van der Waals surface area contributed by atoms with Gasteiger partial charge < -0.3 is 10.2 Å². The third kappa shape index (κ3) is 6.29. The van der Waals surface area contributed by atoms with Crippen LogP contribution in [0.3, 0.4) is 0 Å². The van der Waals surface area contributed by atoms with Crippen LogP contribution in [-0.2, 0) is 0 Å². The second-order valence-corrected chi connectivity index (χ2v) is 6.05. The molecule has 2 rings (SSSR count). The first-order chi connectivity index (χ1) is 7.58. The lowest BCUT2D eigenvalue weighted by molar-refractivity contribution is 0.131. The van der Waals surface area contributed by atoms with E-state index in [9.17, 15) is 0 Å². The molecule has 2 saturated carbocycles. The molecule has 4 heteroatoms. The van der Waals surface area contributed by atoms with Crippen LogP contribution in [0.5, 0.6) is 0 Å². The minimum Gasteiger partial charge on any atom is -0.393 e. The summed E-state index contributed by atoms with van der Waals surface area (Å²) in [5, 5.41) is 18.6. The van der Waals surface area contributed by atoms with Gasteiger partial charge in [0.25, 0.3) is 0 Å². The van der Waals surface area contributed by atoms with Gasteiger partial charge >= 0.3 is 0 Å². The van der Waals surface area contributed by atoms with Crippen molar-refractivity contribution in [3.05, 3.63) is 0 Å². The van der Waals surface area contributed by atoms with Crippen LogP contribution in [-0.4, -0.2) is 33.2 Å². The van der Waals surface area contributed by atoms with Gasteiger partial charge in [-0.05, 0) is 51.4 Å². The Morgan fingerprint density at radius 2 is 0.812 bits per heavy atom. The molecule has 2 fully saturated rings. The minimum absolute atomic E-state index is 0.0648.